The minimum atomic E-state index is -1.01. The third-order valence-corrected chi connectivity index (χ3v) is 6.76. The Morgan fingerprint density at radius 2 is 1.77 bits per heavy atom. The van der Waals surface area contributed by atoms with Crippen LogP contribution in [-0.2, 0) is 14.3 Å². The van der Waals surface area contributed by atoms with Crippen molar-refractivity contribution < 1.29 is 19.1 Å². The van der Waals surface area contributed by atoms with E-state index < -0.39 is 35.6 Å². The summed E-state index contributed by atoms with van der Waals surface area (Å²) in [6.07, 6.45) is 3.16. The second-order valence-corrected chi connectivity index (χ2v) is 11.9. The number of alkyl carbamates (subject to hydrolysis) is 1. The van der Waals surface area contributed by atoms with Crippen LogP contribution in [0.3, 0.4) is 0 Å². The number of nitrogens with one attached hydrogen (secondary N) is 2. The van der Waals surface area contributed by atoms with Gasteiger partial charge in [0.05, 0.1) is 10.7 Å². The van der Waals surface area contributed by atoms with Crippen LogP contribution in [0, 0.1) is 20.8 Å². The van der Waals surface area contributed by atoms with Gasteiger partial charge in [0.2, 0.25) is 5.91 Å². The lowest BCUT2D eigenvalue weighted by Gasteiger charge is -2.34. The van der Waals surface area contributed by atoms with Crippen LogP contribution in [0.1, 0.15) is 55.5 Å². The predicted octanol–water partition coefficient (Wildman–Crippen LogP) is 6.61. The summed E-state index contributed by atoms with van der Waals surface area (Å²) in [5.74, 6) is -0.217. The largest absolute Gasteiger partial charge is 0.444 e. The number of anilines is 1. The summed E-state index contributed by atoms with van der Waals surface area (Å²) in [7, 11) is 0. The Hall–Kier alpha value is -2.97. The van der Waals surface area contributed by atoms with Crippen molar-refractivity contribution in [2.24, 2.45) is 0 Å². The number of para-hydroxylation sites is 1. The molecule has 0 spiro atoms. The Kier molecular flexibility index (Phi) is 11.9. The highest BCUT2D eigenvalue weighted by atomic mass is 35.5. The maximum Gasteiger partial charge on any atom is 0.408 e. The molecule has 0 aliphatic carbocycles. The van der Waals surface area contributed by atoms with Crippen molar-refractivity contribution in [3.8, 4) is 0 Å². The molecule has 3 amide bonds. The molecule has 2 rings (SSSR count). The quantitative estimate of drug-likeness (QED) is 0.295. The number of rotatable bonds is 11. The molecule has 212 valence electrons. The minimum absolute atomic E-state index is 0.0805. The lowest BCUT2D eigenvalue weighted by molar-refractivity contribution is -0.140. The normalized spacial score (nSPS) is 12.7. The third kappa shape index (κ3) is 9.62. The number of carbonyl (C=O) groups is 3. The van der Waals surface area contributed by atoms with Crippen LogP contribution in [0.4, 0.5) is 10.5 Å². The van der Waals surface area contributed by atoms with Crippen molar-refractivity contribution in [3.05, 3.63) is 76.3 Å². The van der Waals surface area contributed by atoms with Crippen molar-refractivity contribution in [2.45, 2.75) is 65.6 Å². The molecule has 9 heteroatoms. The van der Waals surface area contributed by atoms with Gasteiger partial charge in [-0.3, -0.25) is 9.59 Å². The molecule has 0 fully saturated rings. The summed E-state index contributed by atoms with van der Waals surface area (Å²) in [6, 6.07) is 9.21. The van der Waals surface area contributed by atoms with E-state index in [2.05, 4.69) is 17.2 Å². The van der Waals surface area contributed by atoms with Crippen molar-refractivity contribution in [1.29, 1.82) is 0 Å². The predicted molar refractivity (Wildman–Crippen MR) is 162 cm³/mol. The summed E-state index contributed by atoms with van der Waals surface area (Å²) >= 11 is 7.98. The maximum absolute atomic E-state index is 14.1. The molecule has 0 heterocycles. The highest BCUT2D eigenvalue weighted by molar-refractivity contribution is 7.98. The number of carbonyl (C=O) groups excluding carboxylic acids is 3. The SMILES string of the molecule is C=CCN(C(=O)C(CCSC)NC(=O)OC(C)(C)C)C(C(=O)Nc1c(C)cccc1Cl)c1cc(C)cc(C)c1. The van der Waals surface area contributed by atoms with Gasteiger partial charge in [0.25, 0.3) is 5.91 Å². The summed E-state index contributed by atoms with van der Waals surface area (Å²) in [6.45, 7) is 14.9. The zero-order valence-corrected chi connectivity index (χ0v) is 25.5. The number of aryl methyl sites for hydroxylation is 3. The molecule has 0 saturated heterocycles. The fraction of sp³-hybridized carbons (Fsp3) is 0.433. The van der Waals surface area contributed by atoms with Crippen molar-refractivity contribution in [1.82, 2.24) is 10.2 Å². The maximum atomic E-state index is 14.1. The minimum Gasteiger partial charge on any atom is -0.444 e. The first-order chi connectivity index (χ1) is 18.3. The zero-order chi connectivity index (χ0) is 29.3. The van der Waals surface area contributed by atoms with E-state index in [1.165, 1.54) is 4.90 Å². The molecule has 7 nitrogen and oxygen atoms in total. The highest BCUT2D eigenvalue weighted by Crippen LogP contribution is 2.30. The van der Waals surface area contributed by atoms with E-state index in [0.29, 0.717) is 28.4 Å². The van der Waals surface area contributed by atoms with Crippen molar-refractivity contribution in [2.75, 3.05) is 23.9 Å². The van der Waals surface area contributed by atoms with E-state index in [9.17, 15) is 14.4 Å². The molecule has 0 aliphatic heterocycles. The number of hydrogen-bond acceptors (Lipinski definition) is 5. The molecule has 0 aliphatic rings. The molecule has 2 atom stereocenters. The van der Waals surface area contributed by atoms with E-state index in [1.54, 1.807) is 50.7 Å². The van der Waals surface area contributed by atoms with Crippen molar-refractivity contribution in [3.63, 3.8) is 0 Å². The highest BCUT2D eigenvalue weighted by Gasteiger charge is 2.36. The number of halogens is 1. The van der Waals surface area contributed by atoms with Crippen LogP contribution in [0.15, 0.2) is 49.1 Å². The van der Waals surface area contributed by atoms with E-state index in [4.69, 9.17) is 16.3 Å². The summed E-state index contributed by atoms with van der Waals surface area (Å²) in [5, 5.41) is 6.08. The van der Waals surface area contributed by atoms with Gasteiger partial charge in [-0.2, -0.15) is 11.8 Å². The molecule has 2 unspecified atom stereocenters. The smallest absolute Gasteiger partial charge is 0.408 e. The Morgan fingerprint density at radius 3 is 2.31 bits per heavy atom. The lowest BCUT2D eigenvalue weighted by Crippen LogP contribution is -2.52. The lowest BCUT2D eigenvalue weighted by atomic mass is 9.98. The topological polar surface area (TPSA) is 87.7 Å². The number of nitrogens with zero attached hydrogens (tertiary/aromatic N) is 1. The Labute approximate surface area is 241 Å². The van der Waals surface area contributed by atoms with Gasteiger partial charge in [0.1, 0.15) is 17.7 Å². The third-order valence-electron chi connectivity index (χ3n) is 5.80. The fourth-order valence-corrected chi connectivity index (χ4v) is 4.97. The molecule has 0 aromatic heterocycles. The van der Waals surface area contributed by atoms with Crippen LogP contribution in [0.25, 0.3) is 0 Å². The molecule has 0 saturated carbocycles. The van der Waals surface area contributed by atoms with Gasteiger partial charge in [-0.25, -0.2) is 4.79 Å². The van der Waals surface area contributed by atoms with Gasteiger partial charge in [0.15, 0.2) is 0 Å². The van der Waals surface area contributed by atoms with Crippen LogP contribution in [0.5, 0.6) is 0 Å². The fourth-order valence-electron chi connectivity index (χ4n) is 4.23. The number of ether oxygens (including phenoxy) is 1. The first kappa shape index (κ1) is 32.2. The van der Waals surface area contributed by atoms with Crippen molar-refractivity contribution >= 4 is 47.0 Å². The summed E-state index contributed by atoms with van der Waals surface area (Å²) in [5.41, 5.74) is 3.09. The van der Waals surface area contributed by atoms with Gasteiger partial charge in [-0.05, 0) is 77.2 Å². The van der Waals surface area contributed by atoms with Gasteiger partial charge >= 0.3 is 6.09 Å². The van der Waals surface area contributed by atoms with Crippen LogP contribution in [0.2, 0.25) is 5.02 Å². The average Bonchev–Trinajstić information content (AvgIpc) is 2.81. The van der Waals surface area contributed by atoms with E-state index in [0.717, 1.165) is 16.7 Å². The van der Waals surface area contributed by atoms with Gasteiger partial charge < -0.3 is 20.3 Å². The zero-order valence-electron chi connectivity index (χ0n) is 23.9. The number of amides is 3. The molecule has 2 N–H and O–H groups in total. The number of hydrogen-bond donors (Lipinski definition) is 2. The molecular formula is C30H40ClN3O4S. The Morgan fingerprint density at radius 1 is 1.13 bits per heavy atom. The first-order valence-corrected chi connectivity index (χ1v) is 14.6. The van der Waals surface area contributed by atoms with Crippen LogP contribution >= 0.6 is 23.4 Å². The Bertz CT molecular complexity index is 1150. The first-order valence-electron chi connectivity index (χ1n) is 12.8. The number of benzene rings is 2. The number of thioether (sulfide) groups is 1. The standard InChI is InChI=1S/C30H40ClN3O4S/c1-9-14-34(28(36)24(13-15-39-8)32-29(37)38-30(5,6)7)26(22-17-19(2)16-20(3)18-22)27(35)33-25-21(4)11-10-12-23(25)31/h9-12,16-18,24,26H,1,13-15H2,2-8H3,(H,32,37)(H,33,35). The molecule has 39 heavy (non-hydrogen) atoms. The van der Waals surface area contributed by atoms with Crippen LogP contribution < -0.4 is 10.6 Å². The molecule has 0 radical (unpaired) electrons. The molecule has 0 bridgehead atoms. The van der Waals surface area contributed by atoms with E-state index >= 15 is 0 Å². The molecule has 2 aromatic carbocycles. The van der Waals surface area contributed by atoms with Gasteiger partial charge in [-0.15, -0.1) is 6.58 Å². The van der Waals surface area contributed by atoms with Crippen LogP contribution in [-0.4, -0.2) is 53.0 Å². The Balaban J connectivity index is 2.58. The van der Waals surface area contributed by atoms with Gasteiger partial charge in [-0.1, -0.05) is 59.1 Å². The molecular weight excluding hydrogens is 534 g/mol. The summed E-state index contributed by atoms with van der Waals surface area (Å²) < 4.78 is 5.43. The second kappa shape index (κ2) is 14.4. The second-order valence-electron chi connectivity index (χ2n) is 10.5. The van der Waals surface area contributed by atoms with E-state index in [1.807, 2.05) is 51.3 Å². The van der Waals surface area contributed by atoms with E-state index in [-0.39, 0.29) is 6.54 Å². The summed E-state index contributed by atoms with van der Waals surface area (Å²) in [4.78, 5) is 42.2. The molecule has 2 aromatic rings. The van der Waals surface area contributed by atoms with Gasteiger partial charge in [0, 0.05) is 6.54 Å². The average molecular weight is 574 g/mol. The monoisotopic (exact) mass is 573 g/mol.